The molecule has 1 aliphatic rings. The second-order valence-electron chi connectivity index (χ2n) is 4.11. The summed E-state index contributed by atoms with van der Waals surface area (Å²) in [7, 11) is 0. The highest BCUT2D eigenvalue weighted by molar-refractivity contribution is 7.98. The smallest absolute Gasteiger partial charge is 0.0107 e. The number of nitrogens with zero attached hydrogens (tertiary/aromatic N) is 1. The molecule has 1 saturated heterocycles. The van der Waals surface area contributed by atoms with Gasteiger partial charge in [-0.25, -0.2) is 0 Å². The summed E-state index contributed by atoms with van der Waals surface area (Å²) >= 11 is 1.95. The molecule has 1 fully saturated rings. The minimum Gasteiger partial charge on any atom is -0.330 e. The van der Waals surface area contributed by atoms with E-state index < -0.39 is 0 Å². The average Bonchev–Trinajstić information content (AvgIpc) is 2.21. The standard InChI is InChI=1S/C11H24N2S/c1-14-10-4-9-13-8-3-2-5-11(13)6-7-12/h11H,2-10,12H2,1H3. The Morgan fingerprint density at radius 1 is 1.43 bits per heavy atom. The van der Waals surface area contributed by atoms with E-state index in [1.165, 1.54) is 50.9 Å². The largest absolute Gasteiger partial charge is 0.330 e. The molecule has 1 rings (SSSR count). The maximum Gasteiger partial charge on any atom is 0.0107 e. The highest BCUT2D eigenvalue weighted by atomic mass is 32.2. The molecular weight excluding hydrogens is 192 g/mol. The summed E-state index contributed by atoms with van der Waals surface area (Å²) in [5.74, 6) is 1.30. The van der Waals surface area contributed by atoms with E-state index in [1.807, 2.05) is 11.8 Å². The number of likely N-dealkylation sites (tertiary alicyclic amines) is 1. The predicted molar refractivity (Wildman–Crippen MR) is 65.9 cm³/mol. The van der Waals surface area contributed by atoms with E-state index in [2.05, 4.69) is 11.2 Å². The summed E-state index contributed by atoms with van der Waals surface area (Å²) in [5, 5.41) is 0. The van der Waals surface area contributed by atoms with Crippen molar-refractivity contribution in [3.05, 3.63) is 0 Å². The molecule has 0 spiro atoms. The zero-order chi connectivity index (χ0) is 10.2. The third kappa shape index (κ3) is 4.20. The van der Waals surface area contributed by atoms with Crippen LogP contribution < -0.4 is 5.73 Å². The SMILES string of the molecule is CSCCCN1CCCCC1CCN. The van der Waals surface area contributed by atoms with Crippen LogP contribution in [0, 0.1) is 0 Å². The summed E-state index contributed by atoms with van der Waals surface area (Å²) in [6, 6.07) is 0.788. The predicted octanol–water partition coefficient (Wildman–Crippen LogP) is 1.94. The van der Waals surface area contributed by atoms with Crippen LogP contribution in [-0.2, 0) is 0 Å². The minimum atomic E-state index is 0.788. The highest BCUT2D eigenvalue weighted by Gasteiger charge is 2.20. The van der Waals surface area contributed by atoms with Crippen LogP contribution in [-0.4, -0.2) is 42.6 Å². The highest BCUT2D eigenvalue weighted by Crippen LogP contribution is 2.19. The first-order valence-corrected chi connectivity index (χ1v) is 7.21. The van der Waals surface area contributed by atoms with Crippen LogP contribution >= 0.6 is 11.8 Å². The molecule has 14 heavy (non-hydrogen) atoms. The molecule has 1 unspecified atom stereocenters. The van der Waals surface area contributed by atoms with E-state index in [0.29, 0.717) is 0 Å². The summed E-state index contributed by atoms with van der Waals surface area (Å²) in [6.45, 7) is 3.44. The first-order valence-electron chi connectivity index (χ1n) is 5.81. The van der Waals surface area contributed by atoms with E-state index in [-0.39, 0.29) is 0 Å². The van der Waals surface area contributed by atoms with Crippen molar-refractivity contribution in [3.63, 3.8) is 0 Å². The molecule has 2 nitrogen and oxygen atoms in total. The maximum atomic E-state index is 5.65. The van der Waals surface area contributed by atoms with Gasteiger partial charge in [-0.3, -0.25) is 0 Å². The maximum absolute atomic E-state index is 5.65. The topological polar surface area (TPSA) is 29.3 Å². The Balaban J connectivity index is 2.22. The van der Waals surface area contributed by atoms with E-state index in [1.54, 1.807) is 0 Å². The van der Waals surface area contributed by atoms with Gasteiger partial charge in [0, 0.05) is 6.04 Å². The van der Waals surface area contributed by atoms with E-state index in [4.69, 9.17) is 5.73 Å². The van der Waals surface area contributed by atoms with Gasteiger partial charge in [0.25, 0.3) is 0 Å². The van der Waals surface area contributed by atoms with Gasteiger partial charge in [0.1, 0.15) is 0 Å². The fourth-order valence-corrected chi connectivity index (χ4v) is 2.70. The Bertz CT molecular complexity index is 139. The Hall–Kier alpha value is 0.270. The molecule has 0 aromatic rings. The van der Waals surface area contributed by atoms with Crippen molar-refractivity contribution in [2.45, 2.75) is 38.1 Å². The molecule has 1 atom stereocenters. The van der Waals surface area contributed by atoms with Crippen molar-refractivity contribution in [1.29, 1.82) is 0 Å². The summed E-state index contributed by atoms with van der Waals surface area (Å²) < 4.78 is 0. The quantitative estimate of drug-likeness (QED) is 0.688. The van der Waals surface area contributed by atoms with Crippen LogP contribution in [0.1, 0.15) is 32.1 Å². The van der Waals surface area contributed by atoms with Gasteiger partial charge < -0.3 is 10.6 Å². The molecule has 1 heterocycles. The molecule has 0 amide bonds. The van der Waals surface area contributed by atoms with Crippen LogP contribution in [0.3, 0.4) is 0 Å². The molecule has 3 heteroatoms. The fourth-order valence-electron chi connectivity index (χ4n) is 2.29. The van der Waals surface area contributed by atoms with Crippen molar-refractivity contribution < 1.29 is 0 Å². The molecule has 0 radical (unpaired) electrons. The van der Waals surface area contributed by atoms with Gasteiger partial charge in [0.15, 0.2) is 0 Å². The van der Waals surface area contributed by atoms with Crippen LogP contribution in [0.5, 0.6) is 0 Å². The van der Waals surface area contributed by atoms with Crippen molar-refractivity contribution in [3.8, 4) is 0 Å². The molecule has 0 bridgehead atoms. The van der Waals surface area contributed by atoms with E-state index >= 15 is 0 Å². The van der Waals surface area contributed by atoms with Crippen LogP contribution in [0.25, 0.3) is 0 Å². The number of hydrogen-bond donors (Lipinski definition) is 1. The molecule has 0 aromatic heterocycles. The Labute approximate surface area is 92.6 Å². The van der Waals surface area contributed by atoms with Gasteiger partial charge in [0.2, 0.25) is 0 Å². The fraction of sp³-hybridized carbons (Fsp3) is 1.00. The molecule has 0 saturated carbocycles. The van der Waals surface area contributed by atoms with Gasteiger partial charge in [-0.05, 0) is 57.3 Å². The average molecular weight is 216 g/mol. The number of nitrogens with two attached hydrogens (primary N) is 1. The van der Waals surface area contributed by atoms with Crippen LogP contribution in [0.2, 0.25) is 0 Å². The third-order valence-corrected chi connectivity index (χ3v) is 3.74. The summed E-state index contributed by atoms with van der Waals surface area (Å²) in [6.07, 6.45) is 8.88. The third-order valence-electron chi connectivity index (χ3n) is 3.04. The lowest BCUT2D eigenvalue weighted by Gasteiger charge is -2.35. The first kappa shape index (κ1) is 12.3. The first-order chi connectivity index (χ1) is 6.88. The summed E-state index contributed by atoms with van der Waals surface area (Å²) in [4.78, 5) is 2.66. The molecule has 2 N–H and O–H groups in total. The lowest BCUT2D eigenvalue weighted by atomic mass is 9.99. The van der Waals surface area contributed by atoms with Gasteiger partial charge in [0.05, 0.1) is 0 Å². The van der Waals surface area contributed by atoms with Gasteiger partial charge in [-0.1, -0.05) is 6.42 Å². The summed E-state index contributed by atoms with van der Waals surface area (Å²) in [5.41, 5.74) is 5.65. The van der Waals surface area contributed by atoms with Gasteiger partial charge >= 0.3 is 0 Å². The van der Waals surface area contributed by atoms with Crippen molar-refractivity contribution in [2.75, 3.05) is 31.6 Å². The number of piperidine rings is 1. The van der Waals surface area contributed by atoms with Crippen LogP contribution in [0.4, 0.5) is 0 Å². The van der Waals surface area contributed by atoms with Crippen molar-refractivity contribution in [2.24, 2.45) is 5.73 Å². The number of thioether (sulfide) groups is 1. The molecule has 84 valence electrons. The number of rotatable bonds is 6. The van der Waals surface area contributed by atoms with Gasteiger partial charge in [-0.2, -0.15) is 11.8 Å². The molecule has 0 aliphatic carbocycles. The monoisotopic (exact) mass is 216 g/mol. The minimum absolute atomic E-state index is 0.788. The van der Waals surface area contributed by atoms with Crippen molar-refractivity contribution >= 4 is 11.8 Å². The van der Waals surface area contributed by atoms with Crippen LogP contribution in [0.15, 0.2) is 0 Å². The second kappa shape index (κ2) is 7.55. The molecular formula is C11H24N2S. The normalized spacial score (nSPS) is 24.0. The second-order valence-corrected chi connectivity index (χ2v) is 5.09. The zero-order valence-corrected chi connectivity index (χ0v) is 10.2. The van der Waals surface area contributed by atoms with Gasteiger partial charge in [-0.15, -0.1) is 0 Å². The zero-order valence-electron chi connectivity index (χ0n) is 9.37. The molecule has 1 aliphatic heterocycles. The molecule has 0 aromatic carbocycles. The Morgan fingerprint density at radius 2 is 2.29 bits per heavy atom. The Kier molecular flexibility index (Phi) is 6.65. The van der Waals surface area contributed by atoms with E-state index in [9.17, 15) is 0 Å². The van der Waals surface area contributed by atoms with E-state index in [0.717, 1.165) is 12.6 Å². The Morgan fingerprint density at radius 3 is 3.00 bits per heavy atom. The lowest BCUT2D eigenvalue weighted by molar-refractivity contribution is 0.143. The number of hydrogen-bond acceptors (Lipinski definition) is 3. The lowest BCUT2D eigenvalue weighted by Crippen LogP contribution is -2.41. The van der Waals surface area contributed by atoms with Crippen molar-refractivity contribution in [1.82, 2.24) is 4.90 Å².